The lowest BCUT2D eigenvalue weighted by Gasteiger charge is -2.21. The highest BCUT2D eigenvalue weighted by Gasteiger charge is 2.24. The summed E-state index contributed by atoms with van der Waals surface area (Å²) in [5.74, 6) is -0.397. The summed E-state index contributed by atoms with van der Waals surface area (Å²) in [6, 6.07) is 12.1. The molecule has 0 bridgehead atoms. The zero-order valence-electron chi connectivity index (χ0n) is 19.8. The number of alkyl carbamates (subject to hydrolysis) is 1. The molecule has 0 aliphatic rings. The predicted octanol–water partition coefficient (Wildman–Crippen LogP) is 4.82. The van der Waals surface area contributed by atoms with E-state index in [-0.39, 0.29) is 5.75 Å². The Bertz CT molecular complexity index is 1240. The van der Waals surface area contributed by atoms with Gasteiger partial charge in [0.2, 0.25) is 0 Å². The Morgan fingerprint density at radius 2 is 1.76 bits per heavy atom. The van der Waals surface area contributed by atoms with Crippen LogP contribution in [0.5, 0.6) is 5.75 Å². The number of fused-ring (bicyclic) bond motifs is 1. The monoisotopic (exact) mass is 451 g/mol. The molecule has 0 fully saturated rings. The van der Waals surface area contributed by atoms with Crippen molar-refractivity contribution in [2.75, 3.05) is 0 Å². The van der Waals surface area contributed by atoms with Gasteiger partial charge in [0.25, 0.3) is 0 Å². The van der Waals surface area contributed by atoms with Crippen LogP contribution in [0, 0.1) is 13.8 Å². The minimum atomic E-state index is -0.949. The van der Waals surface area contributed by atoms with Crippen LogP contribution < -0.4 is 15.7 Å². The number of amides is 1. The molecule has 0 radical (unpaired) electrons. The quantitative estimate of drug-likeness (QED) is 0.340. The first kappa shape index (κ1) is 24.0. The Kier molecular flexibility index (Phi) is 6.91. The van der Waals surface area contributed by atoms with Crippen LogP contribution in [-0.2, 0) is 16.0 Å². The molecule has 33 heavy (non-hydrogen) atoms. The van der Waals surface area contributed by atoms with E-state index in [0.717, 1.165) is 11.1 Å². The van der Waals surface area contributed by atoms with Crippen molar-refractivity contribution in [1.29, 1.82) is 0 Å². The van der Waals surface area contributed by atoms with Crippen LogP contribution >= 0.6 is 0 Å². The van der Waals surface area contributed by atoms with Gasteiger partial charge in [-0.3, -0.25) is 0 Å². The third-order valence-electron chi connectivity index (χ3n) is 5.01. The molecule has 0 unspecified atom stereocenters. The number of aryl methyl sites for hydroxylation is 2. The number of carbonyl (C=O) groups excluding carboxylic acids is 2. The standard InChI is InChI=1S/C26H29NO6/c1-15-12-20(31-23(28)17(3)27-25(30)33-26(4,5)6)22-16(2)19(24(29)32-21(22)13-15)14-18-10-8-7-9-11-18/h7-13,17H,14H2,1-6H3,(H,27,30)/t17-/m0/s1. The second kappa shape index (κ2) is 9.48. The minimum Gasteiger partial charge on any atom is -0.444 e. The molecule has 7 heteroatoms. The van der Waals surface area contributed by atoms with Gasteiger partial charge in [-0.25, -0.2) is 14.4 Å². The molecule has 0 aliphatic heterocycles. The fourth-order valence-electron chi connectivity index (χ4n) is 3.46. The molecule has 1 atom stereocenters. The molecule has 1 N–H and O–H groups in total. The number of carbonyl (C=O) groups is 2. The van der Waals surface area contributed by atoms with E-state index < -0.39 is 29.3 Å². The fourth-order valence-corrected chi connectivity index (χ4v) is 3.46. The second-order valence-electron chi connectivity index (χ2n) is 9.08. The van der Waals surface area contributed by atoms with Crippen molar-refractivity contribution in [3.05, 3.63) is 75.1 Å². The molecule has 2 aromatic carbocycles. The number of hydrogen-bond acceptors (Lipinski definition) is 6. The van der Waals surface area contributed by atoms with E-state index >= 15 is 0 Å². The van der Waals surface area contributed by atoms with E-state index in [1.54, 1.807) is 32.9 Å². The first-order chi connectivity index (χ1) is 15.4. The number of esters is 1. The predicted molar refractivity (Wildman–Crippen MR) is 126 cm³/mol. The summed E-state index contributed by atoms with van der Waals surface area (Å²) >= 11 is 0. The smallest absolute Gasteiger partial charge is 0.408 e. The maximum atomic E-state index is 12.7. The van der Waals surface area contributed by atoms with Crippen molar-refractivity contribution in [2.45, 2.75) is 59.6 Å². The molecule has 1 aromatic heterocycles. The average Bonchev–Trinajstić information content (AvgIpc) is 2.69. The van der Waals surface area contributed by atoms with Gasteiger partial charge in [-0.15, -0.1) is 0 Å². The number of benzene rings is 2. The number of nitrogens with one attached hydrogen (secondary N) is 1. The summed E-state index contributed by atoms with van der Waals surface area (Å²) in [7, 11) is 0. The van der Waals surface area contributed by atoms with E-state index in [2.05, 4.69) is 5.32 Å². The topological polar surface area (TPSA) is 94.8 Å². The fraction of sp³-hybridized carbons (Fsp3) is 0.346. The van der Waals surface area contributed by atoms with Crippen LogP contribution in [0.2, 0.25) is 0 Å². The molecule has 0 saturated heterocycles. The van der Waals surface area contributed by atoms with E-state index in [0.29, 0.717) is 28.5 Å². The Hall–Kier alpha value is -3.61. The normalized spacial score (nSPS) is 12.3. The molecule has 1 amide bonds. The summed E-state index contributed by atoms with van der Waals surface area (Å²) in [4.78, 5) is 37.5. The average molecular weight is 452 g/mol. The van der Waals surface area contributed by atoms with Gasteiger partial charge >= 0.3 is 17.7 Å². The highest BCUT2D eigenvalue weighted by atomic mass is 16.6. The summed E-state index contributed by atoms with van der Waals surface area (Å²) in [6.45, 7) is 10.3. The molecule has 174 valence electrons. The summed E-state index contributed by atoms with van der Waals surface area (Å²) in [5.41, 5.74) is 2.13. The van der Waals surface area contributed by atoms with Crippen LogP contribution in [0.1, 0.15) is 49.9 Å². The van der Waals surface area contributed by atoms with E-state index in [1.807, 2.05) is 44.2 Å². The first-order valence-corrected chi connectivity index (χ1v) is 10.8. The highest BCUT2D eigenvalue weighted by molar-refractivity contribution is 5.92. The van der Waals surface area contributed by atoms with Crippen LogP contribution in [0.4, 0.5) is 4.79 Å². The van der Waals surface area contributed by atoms with Gasteiger partial charge in [0.15, 0.2) is 0 Å². The van der Waals surface area contributed by atoms with Crippen molar-refractivity contribution in [1.82, 2.24) is 5.32 Å². The minimum absolute atomic E-state index is 0.267. The Morgan fingerprint density at radius 3 is 2.39 bits per heavy atom. The molecule has 0 saturated carbocycles. The SMILES string of the molecule is Cc1cc(OC(=O)[C@H](C)NC(=O)OC(C)(C)C)c2c(C)c(Cc3ccccc3)c(=O)oc2c1. The molecule has 3 rings (SSSR count). The lowest BCUT2D eigenvalue weighted by Crippen LogP contribution is -2.43. The zero-order valence-corrected chi connectivity index (χ0v) is 19.8. The van der Waals surface area contributed by atoms with Crippen molar-refractivity contribution < 1.29 is 23.5 Å². The summed E-state index contributed by atoms with van der Waals surface area (Å²) in [6.07, 6.45) is -0.323. The van der Waals surface area contributed by atoms with Gasteiger partial charge in [-0.2, -0.15) is 0 Å². The van der Waals surface area contributed by atoms with Gasteiger partial charge in [-0.05, 0) is 70.4 Å². The van der Waals surface area contributed by atoms with Crippen LogP contribution in [0.3, 0.4) is 0 Å². The maximum Gasteiger partial charge on any atom is 0.408 e. The maximum absolute atomic E-state index is 12.7. The molecule has 7 nitrogen and oxygen atoms in total. The van der Waals surface area contributed by atoms with Crippen LogP contribution in [-0.4, -0.2) is 23.7 Å². The molecular weight excluding hydrogens is 422 g/mol. The Morgan fingerprint density at radius 1 is 1.09 bits per heavy atom. The number of hydrogen-bond donors (Lipinski definition) is 1. The lowest BCUT2D eigenvalue weighted by molar-refractivity contribution is -0.136. The van der Waals surface area contributed by atoms with Crippen LogP contribution in [0.25, 0.3) is 11.0 Å². The van der Waals surface area contributed by atoms with Crippen molar-refractivity contribution in [2.24, 2.45) is 0 Å². The lowest BCUT2D eigenvalue weighted by atomic mass is 9.98. The molecule has 0 aliphatic carbocycles. The molecule has 1 heterocycles. The number of ether oxygens (including phenoxy) is 2. The third-order valence-corrected chi connectivity index (χ3v) is 5.01. The number of rotatable bonds is 5. The van der Waals surface area contributed by atoms with Crippen molar-refractivity contribution >= 4 is 23.0 Å². The Balaban J connectivity index is 1.94. The largest absolute Gasteiger partial charge is 0.444 e. The first-order valence-electron chi connectivity index (χ1n) is 10.8. The van der Waals surface area contributed by atoms with Gasteiger partial charge in [0.05, 0.1) is 5.39 Å². The molecule has 0 spiro atoms. The highest BCUT2D eigenvalue weighted by Crippen LogP contribution is 2.32. The third kappa shape index (κ3) is 6.00. The van der Waals surface area contributed by atoms with Crippen LogP contribution in [0.15, 0.2) is 51.7 Å². The zero-order chi connectivity index (χ0) is 24.3. The van der Waals surface area contributed by atoms with E-state index in [4.69, 9.17) is 13.9 Å². The molecule has 3 aromatic rings. The summed E-state index contributed by atoms with van der Waals surface area (Å²) in [5, 5.41) is 3.02. The Labute approximate surface area is 192 Å². The van der Waals surface area contributed by atoms with Crippen molar-refractivity contribution in [3.63, 3.8) is 0 Å². The van der Waals surface area contributed by atoms with E-state index in [9.17, 15) is 14.4 Å². The van der Waals surface area contributed by atoms with Gasteiger partial charge in [0.1, 0.15) is 23.0 Å². The summed E-state index contributed by atoms with van der Waals surface area (Å²) < 4.78 is 16.4. The van der Waals surface area contributed by atoms with E-state index in [1.165, 1.54) is 6.92 Å². The van der Waals surface area contributed by atoms with Gasteiger partial charge in [-0.1, -0.05) is 30.3 Å². The van der Waals surface area contributed by atoms with Gasteiger partial charge in [0, 0.05) is 12.0 Å². The van der Waals surface area contributed by atoms with Crippen molar-refractivity contribution in [3.8, 4) is 5.75 Å². The molecular formula is C26H29NO6. The van der Waals surface area contributed by atoms with Gasteiger partial charge < -0.3 is 19.2 Å². The second-order valence-corrected chi connectivity index (χ2v) is 9.08.